The lowest BCUT2D eigenvalue weighted by Crippen LogP contribution is -2.34. The van der Waals surface area contributed by atoms with Crippen LogP contribution in [0.5, 0.6) is 0 Å². The molecule has 0 atom stereocenters. The molecule has 2 aromatic rings. The molecular formula is C19H23N3O2. The number of carbonyl (C=O) groups excluding carboxylic acids is 2. The number of nitrogens with one attached hydrogen (secondary N) is 2. The van der Waals surface area contributed by atoms with Gasteiger partial charge in [-0.15, -0.1) is 0 Å². The van der Waals surface area contributed by atoms with Gasteiger partial charge in [-0.2, -0.15) is 0 Å². The van der Waals surface area contributed by atoms with Crippen molar-refractivity contribution >= 4 is 28.3 Å². The number of hydrogen-bond acceptors (Lipinski definition) is 4. The molecule has 0 spiro atoms. The molecule has 2 aromatic carbocycles. The average Bonchev–Trinajstić information content (AvgIpc) is 2.59. The van der Waals surface area contributed by atoms with Crippen LogP contribution < -0.4 is 10.6 Å². The maximum absolute atomic E-state index is 12.2. The normalized spacial score (nSPS) is 13.5. The Morgan fingerprint density at radius 1 is 1.04 bits per heavy atom. The van der Waals surface area contributed by atoms with Crippen molar-refractivity contribution < 1.29 is 9.59 Å². The van der Waals surface area contributed by atoms with E-state index in [1.54, 1.807) is 6.07 Å². The van der Waals surface area contributed by atoms with Crippen LogP contribution in [0.4, 0.5) is 5.69 Å². The summed E-state index contributed by atoms with van der Waals surface area (Å²) in [6, 6.07) is 9.39. The summed E-state index contributed by atoms with van der Waals surface area (Å²) in [6.07, 6.45) is 1.04. The van der Waals surface area contributed by atoms with Crippen LogP contribution in [0, 0.1) is 0 Å². The van der Waals surface area contributed by atoms with Gasteiger partial charge in [-0.3, -0.25) is 14.9 Å². The molecule has 126 valence electrons. The van der Waals surface area contributed by atoms with Gasteiger partial charge in [0.25, 0.3) is 11.8 Å². The van der Waals surface area contributed by atoms with Crippen molar-refractivity contribution in [3.63, 3.8) is 0 Å². The Bertz CT molecular complexity index is 782. The summed E-state index contributed by atoms with van der Waals surface area (Å²) in [5.41, 5.74) is 2.04. The fourth-order valence-corrected chi connectivity index (χ4v) is 3.21. The molecule has 3 rings (SSSR count). The minimum absolute atomic E-state index is 0.321. The number of amides is 2. The summed E-state index contributed by atoms with van der Waals surface area (Å²) >= 11 is 0. The lowest BCUT2D eigenvalue weighted by atomic mass is 9.94. The van der Waals surface area contributed by atoms with Crippen molar-refractivity contribution in [1.82, 2.24) is 10.2 Å². The van der Waals surface area contributed by atoms with E-state index in [0.29, 0.717) is 11.1 Å². The Hall–Kier alpha value is -2.40. The Kier molecular flexibility index (Phi) is 4.81. The number of rotatable bonds is 7. The van der Waals surface area contributed by atoms with Crippen molar-refractivity contribution in [3.05, 3.63) is 41.5 Å². The van der Waals surface area contributed by atoms with E-state index in [0.717, 1.165) is 49.1 Å². The van der Waals surface area contributed by atoms with Gasteiger partial charge in [0.05, 0.1) is 5.56 Å². The van der Waals surface area contributed by atoms with Gasteiger partial charge in [0.15, 0.2) is 0 Å². The first kappa shape index (κ1) is 16.5. The molecule has 0 bridgehead atoms. The van der Waals surface area contributed by atoms with Gasteiger partial charge in [-0.05, 0) is 49.6 Å². The van der Waals surface area contributed by atoms with Crippen molar-refractivity contribution in [2.75, 3.05) is 31.5 Å². The first-order chi connectivity index (χ1) is 11.6. The van der Waals surface area contributed by atoms with Crippen LogP contribution in [-0.4, -0.2) is 42.9 Å². The van der Waals surface area contributed by atoms with Gasteiger partial charge in [0.1, 0.15) is 0 Å². The molecule has 2 amide bonds. The standard InChI is InChI=1S/C19H23N3O2/c1-3-22(4-2)10-6-9-20-14-11-13-7-5-8-15-17(13)16(12-14)19(24)21-18(15)23/h5,7-8,11-12,20H,3-4,6,9-10H2,1-2H3,(H,21,23,24). The zero-order valence-electron chi connectivity index (χ0n) is 14.2. The summed E-state index contributed by atoms with van der Waals surface area (Å²) in [5, 5.41) is 7.47. The predicted molar refractivity (Wildman–Crippen MR) is 96.6 cm³/mol. The highest BCUT2D eigenvalue weighted by atomic mass is 16.2. The van der Waals surface area contributed by atoms with Crippen LogP contribution in [-0.2, 0) is 0 Å². The first-order valence-corrected chi connectivity index (χ1v) is 8.52. The fraction of sp³-hybridized carbons (Fsp3) is 0.368. The molecule has 0 saturated carbocycles. The summed E-state index contributed by atoms with van der Waals surface area (Å²) in [5.74, 6) is -0.645. The maximum Gasteiger partial charge on any atom is 0.258 e. The Balaban J connectivity index is 1.79. The van der Waals surface area contributed by atoms with Gasteiger partial charge >= 0.3 is 0 Å². The van der Waals surface area contributed by atoms with Crippen molar-refractivity contribution in [2.45, 2.75) is 20.3 Å². The minimum Gasteiger partial charge on any atom is -0.385 e. The number of nitrogens with zero attached hydrogens (tertiary/aromatic N) is 1. The molecule has 0 radical (unpaired) electrons. The third kappa shape index (κ3) is 3.12. The largest absolute Gasteiger partial charge is 0.385 e. The van der Waals surface area contributed by atoms with Gasteiger partial charge in [-0.25, -0.2) is 0 Å². The number of hydrogen-bond donors (Lipinski definition) is 2. The van der Waals surface area contributed by atoms with Gasteiger partial charge in [-0.1, -0.05) is 26.0 Å². The van der Waals surface area contributed by atoms with E-state index in [2.05, 4.69) is 29.4 Å². The Morgan fingerprint density at radius 3 is 2.54 bits per heavy atom. The second-order valence-electron chi connectivity index (χ2n) is 6.02. The molecule has 1 aliphatic rings. The minimum atomic E-state index is -0.324. The second kappa shape index (κ2) is 7.01. The summed E-state index contributed by atoms with van der Waals surface area (Å²) < 4.78 is 0. The molecule has 0 aliphatic carbocycles. The summed E-state index contributed by atoms with van der Waals surface area (Å²) in [7, 11) is 0. The molecule has 2 N–H and O–H groups in total. The van der Waals surface area contributed by atoms with E-state index in [1.807, 2.05) is 24.3 Å². The highest BCUT2D eigenvalue weighted by Crippen LogP contribution is 2.29. The number of imide groups is 1. The molecule has 0 fully saturated rings. The van der Waals surface area contributed by atoms with Crippen LogP contribution in [0.25, 0.3) is 10.8 Å². The molecule has 0 aromatic heterocycles. The average molecular weight is 325 g/mol. The van der Waals surface area contributed by atoms with Gasteiger partial charge < -0.3 is 10.2 Å². The van der Waals surface area contributed by atoms with E-state index in [9.17, 15) is 9.59 Å². The molecule has 1 heterocycles. The van der Waals surface area contributed by atoms with Crippen LogP contribution in [0.3, 0.4) is 0 Å². The second-order valence-corrected chi connectivity index (χ2v) is 6.02. The highest BCUT2D eigenvalue weighted by Gasteiger charge is 2.25. The van der Waals surface area contributed by atoms with E-state index >= 15 is 0 Å². The predicted octanol–water partition coefficient (Wildman–Crippen LogP) is 2.87. The quantitative estimate of drug-likeness (QED) is 0.607. The topological polar surface area (TPSA) is 61.4 Å². The van der Waals surface area contributed by atoms with E-state index < -0.39 is 0 Å². The van der Waals surface area contributed by atoms with Crippen molar-refractivity contribution in [1.29, 1.82) is 0 Å². The zero-order chi connectivity index (χ0) is 17.1. The van der Waals surface area contributed by atoms with E-state index in [1.165, 1.54) is 0 Å². The van der Waals surface area contributed by atoms with E-state index in [-0.39, 0.29) is 11.8 Å². The SMILES string of the molecule is CCN(CC)CCCNc1cc2c3c(cccc3c1)C(=O)NC2=O. The van der Waals surface area contributed by atoms with E-state index in [4.69, 9.17) is 0 Å². The molecule has 1 aliphatic heterocycles. The number of benzene rings is 2. The molecule has 0 saturated heterocycles. The van der Waals surface area contributed by atoms with Crippen LogP contribution in [0.2, 0.25) is 0 Å². The maximum atomic E-state index is 12.2. The van der Waals surface area contributed by atoms with Gasteiger partial charge in [0.2, 0.25) is 0 Å². The smallest absolute Gasteiger partial charge is 0.258 e. The molecule has 0 unspecified atom stereocenters. The monoisotopic (exact) mass is 325 g/mol. The Labute approximate surface area is 142 Å². The third-order valence-electron chi connectivity index (χ3n) is 4.57. The van der Waals surface area contributed by atoms with Gasteiger partial charge in [0, 0.05) is 23.2 Å². The zero-order valence-corrected chi connectivity index (χ0v) is 14.2. The Morgan fingerprint density at radius 2 is 1.79 bits per heavy atom. The molecule has 5 nitrogen and oxygen atoms in total. The third-order valence-corrected chi connectivity index (χ3v) is 4.57. The first-order valence-electron chi connectivity index (χ1n) is 8.52. The molecular weight excluding hydrogens is 302 g/mol. The number of anilines is 1. The summed E-state index contributed by atoms with van der Waals surface area (Å²) in [4.78, 5) is 26.5. The summed E-state index contributed by atoms with van der Waals surface area (Å²) in [6.45, 7) is 8.37. The van der Waals surface area contributed by atoms with Crippen LogP contribution in [0.15, 0.2) is 30.3 Å². The lowest BCUT2D eigenvalue weighted by Gasteiger charge is -2.19. The lowest BCUT2D eigenvalue weighted by molar-refractivity contribution is 0.0845. The van der Waals surface area contributed by atoms with Crippen molar-refractivity contribution in [3.8, 4) is 0 Å². The van der Waals surface area contributed by atoms with Crippen molar-refractivity contribution in [2.24, 2.45) is 0 Å². The number of carbonyl (C=O) groups is 2. The molecule has 24 heavy (non-hydrogen) atoms. The van der Waals surface area contributed by atoms with Crippen LogP contribution >= 0.6 is 0 Å². The molecule has 5 heteroatoms. The highest BCUT2D eigenvalue weighted by molar-refractivity contribution is 6.26. The fourth-order valence-electron chi connectivity index (χ4n) is 3.21. The van der Waals surface area contributed by atoms with Crippen LogP contribution in [0.1, 0.15) is 41.0 Å².